The van der Waals surface area contributed by atoms with Crippen LogP contribution in [0.5, 0.6) is 11.5 Å². The van der Waals surface area contributed by atoms with E-state index in [-0.39, 0.29) is 5.92 Å². The molecule has 8 heteroatoms. The van der Waals surface area contributed by atoms with Crippen LogP contribution in [0.1, 0.15) is 42.6 Å². The van der Waals surface area contributed by atoms with Crippen molar-refractivity contribution in [2.45, 2.75) is 39.2 Å². The van der Waals surface area contributed by atoms with E-state index in [0.29, 0.717) is 18.9 Å². The van der Waals surface area contributed by atoms with Gasteiger partial charge in [0.05, 0.1) is 14.2 Å². The van der Waals surface area contributed by atoms with E-state index in [4.69, 9.17) is 14.0 Å². The lowest BCUT2D eigenvalue weighted by Crippen LogP contribution is -2.44. The molecule has 0 bridgehead atoms. The van der Waals surface area contributed by atoms with Gasteiger partial charge in [-0.1, -0.05) is 19.0 Å². The van der Waals surface area contributed by atoms with Gasteiger partial charge in [0.25, 0.3) is 0 Å². The standard InChI is InChI=1S/C20H29N5O3/c1-13(2)19-23-18(28-24-19)6-8-22-20(21-3)25-9-7-14-10-16(26-4)17(27-5)11-15(14)12-25/h10-11,13H,6-9,12H2,1-5H3,(H,21,22). The SMILES string of the molecule is CN=C(NCCc1nc(C(C)C)no1)N1CCc2cc(OC)c(OC)cc2C1. The van der Waals surface area contributed by atoms with Crippen LogP contribution in [-0.4, -0.2) is 55.4 Å². The summed E-state index contributed by atoms with van der Waals surface area (Å²) in [6.07, 6.45) is 1.59. The van der Waals surface area contributed by atoms with E-state index in [1.807, 2.05) is 13.8 Å². The Hall–Kier alpha value is -2.77. The van der Waals surface area contributed by atoms with Crippen LogP contribution < -0.4 is 14.8 Å². The molecule has 0 atom stereocenters. The first-order valence-electron chi connectivity index (χ1n) is 9.57. The van der Waals surface area contributed by atoms with E-state index in [1.165, 1.54) is 11.1 Å². The van der Waals surface area contributed by atoms with Crippen LogP contribution in [0.2, 0.25) is 0 Å². The summed E-state index contributed by atoms with van der Waals surface area (Å²) in [5.41, 5.74) is 2.52. The lowest BCUT2D eigenvalue weighted by atomic mass is 9.99. The molecule has 3 rings (SSSR count). The number of guanidine groups is 1. The maximum Gasteiger partial charge on any atom is 0.228 e. The summed E-state index contributed by atoms with van der Waals surface area (Å²) in [5.74, 6) is 4.05. The van der Waals surface area contributed by atoms with E-state index in [9.17, 15) is 0 Å². The summed E-state index contributed by atoms with van der Waals surface area (Å²) in [6, 6.07) is 4.13. The number of benzene rings is 1. The Morgan fingerprint density at radius 3 is 2.57 bits per heavy atom. The van der Waals surface area contributed by atoms with E-state index in [0.717, 1.165) is 42.8 Å². The van der Waals surface area contributed by atoms with Crippen molar-refractivity contribution in [1.82, 2.24) is 20.4 Å². The molecule has 1 aliphatic heterocycles. The number of aromatic nitrogens is 2. The smallest absolute Gasteiger partial charge is 0.228 e. The van der Waals surface area contributed by atoms with E-state index in [1.54, 1.807) is 21.3 Å². The Bertz CT molecular complexity index is 831. The van der Waals surface area contributed by atoms with Gasteiger partial charge in [-0.25, -0.2) is 0 Å². The van der Waals surface area contributed by atoms with Gasteiger partial charge in [0.2, 0.25) is 5.89 Å². The molecule has 2 heterocycles. The summed E-state index contributed by atoms with van der Waals surface area (Å²) in [4.78, 5) is 11.1. The van der Waals surface area contributed by atoms with Gasteiger partial charge in [-0.3, -0.25) is 4.99 Å². The van der Waals surface area contributed by atoms with Crippen LogP contribution in [-0.2, 0) is 19.4 Å². The minimum absolute atomic E-state index is 0.266. The third kappa shape index (κ3) is 4.37. The first-order chi connectivity index (χ1) is 13.5. The molecular weight excluding hydrogens is 358 g/mol. The normalized spacial score (nSPS) is 14.2. The maximum absolute atomic E-state index is 5.44. The first kappa shape index (κ1) is 20.0. The summed E-state index contributed by atoms with van der Waals surface area (Å²) < 4.78 is 16.2. The van der Waals surface area contributed by atoms with Crippen LogP contribution in [0.3, 0.4) is 0 Å². The largest absolute Gasteiger partial charge is 0.493 e. The van der Waals surface area contributed by atoms with Crippen LogP contribution >= 0.6 is 0 Å². The number of methoxy groups -OCH3 is 2. The highest BCUT2D eigenvalue weighted by Crippen LogP contribution is 2.33. The second-order valence-electron chi connectivity index (χ2n) is 7.07. The Morgan fingerprint density at radius 2 is 1.96 bits per heavy atom. The molecule has 152 valence electrons. The highest BCUT2D eigenvalue weighted by molar-refractivity contribution is 5.80. The molecule has 0 saturated carbocycles. The zero-order chi connectivity index (χ0) is 20.1. The maximum atomic E-state index is 5.44. The molecule has 1 aromatic heterocycles. The van der Waals surface area contributed by atoms with Crippen molar-refractivity contribution >= 4 is 5.96 Å². The van der Waals surface area contributed by atoms with Crippen molar-refractivity contribution in [2.24, 2.45) is 4.99 Å². The summed E-state index contributed by atoms with van der Waals surface area (Å²) in [6.45, 7) is 6.44. The lowest BCUT2D eigenvalue weighted by Gasteiger charge is -2.32. The highest BCUT2D eigenvalue weighted by Gasteiger charge is 2.21. The molecule has 0 radical (unpaired) electrons. The highest BCUT2D eigenvalue weighted by atomic mass is 16.5. The lowest BCUT2D eigenvalue weighted by molar-refractivity contribution is 0.345. The first-order valence-corrected chi connectivity index (χ1v) is 9.57. The van der Waals surface area contributed by atoms with Gasteiger partial charge in [0.15, 0.2) is 23.3 Å². The van der Waals surface area contributed by atoms with E-state index >= 15 is 0 Å². The van der Waals surface area contributed by atoms with Crippen LogP contribution in [0, 0.1) is 0 Å². The molecule has 28 heavy (non-hydrogen) atoms. The minimum atomic E-state index is 0.266. The van der Waals surface area contributed by atoms with Crippen LogP contribution in [0.15, 0.2) is 21.6 Å². The second kappa shape index (κ2) is 8.95. The number of nitrogens with one attached hydrogen (secondary N) is 1. The molecule has 0 saturated heterocycles. The molecular formula is C20H29N5O3. The molecule has 1 aliphatic rings. The Kier molecular flexibility index (Phi) is 6.38. The number of fused-ring (bicyclic) bond motifs is 1. The summed E-state index contributed by atoms with van der Waals surface area (Å²) in [7, 11) is 5.13. The van der Waals surface area contributed by atoms with Crippen molar-refractivity contribution < 1.29 is 14.0 Å². The van der Waals surface area contributed by atoms with Crippen molar-refractivity contribution in [2.75, 3.05) is 34.4 Å². The molecule has 2 aromatic rings. The van der Waals surface area contributed by atoms with Gasteiger partial charge in [-0.15, -0.1) is 0 Å². The molecule has 0 unspecified atom stereocenters. The van der Waals surface area contributed by atoms with E-state index in [2.05, 4.69) is 37.5 Å². The number of hydrogen-bond donors (Lipinski definition) is 1. The fourth-order valence-electron chi connectivity index (χ4n) is 3.28. The molecule has 0 fully saturated rings. The van der Waals surface area contributed by atoms with Gasteiger partial charge in [-0.2, -0.15) is 4.98 Å². The molecule has 0 spiro atoms. The zero-order valence-electron chi connectivity index (χ0n) is 17.3. The van der Waals surface area contributed by atoms with Crippen molar-refractivity contribution in [3.05, 3.63) is 35.0 Å². The Morgan fingerprint density at radius 1 is 1.25 bits per heavy atom. The number of rotatable bonds is 6. The van der Waals surface area contributed by atoms with Crippen molar-refractivity contribution in [3.63, 3.8) is 0 Å². The Balaban J connectivity index is 1.61. The van der Waals surface area contributed by atoms with Crippen LogP contribution in [0.25, 0.3) is 0 Å². The van der Waals surface area contributed by atoms with Crippen molar-refractivity contribution in [3.8, 4) is 11.5 Å². The minimum Gasteiger partial charge on any atom is -0.493 e. The van der Waals surface area contributed by atoms with E-state index < -0.39 is 0 Å². The van der Waals surface area contributed by atoms with Gasteiger partial charge in [0, 0.05) is 39.0 Å². The molecule has 1 aromatic carbocycles. The predicted octanol–water partition coefficient (Wildman–Crippen LogP) is 2.39. The summed E-state index contributed by atoms with van der Waals surface area (Å²) >= 11 is 0. The average molecular weight is 387 g/mol. The Labute approximate surface area is 165 Å². The molecule has 8 nitrogen and oxygen atoms in total. The van der Waals surface area contributed by atoms with Gasteiger partial charge in [0.1, 0.15) is 0 Å². The predicted molar refractivity (Wildman–Crippen MR) is 107 cm³/mol. The van der Waals surface area contributed by atoms with Crippen molar-refractivity contribution in [1.29, 1.82) is 0 Å². The molecule has 0 amide bonds. The molecule has 1 N–H and O–H groups in total. The fraction of sp³-hybridized carbons (Fsp3) is 0.550. The third-order valence-electron chi connectivity index (χ3n) is 4.85. The van der Waals surface area contributed by atoms with Gasteiger partial charge in [-0.05, 0) is 29.7 Å². The number of aliphatic imine (C=N–C) groups is 1. The van der Waals surface area contributed by atoms with Gasteiger partial charge < -0.3 is 24.2 Å². The average Bonchev–Trinajstić information content (AvgIpc) is 3.19. The quantitative estimate of drug-likeness (QED) is 0.602. The third-order valence-corrected chi connectivity index (χ3v) is 4.85. The van der Waals surface area contributed by atoms with Crippen LogP contribution in [0.4, 0.5) is 0 Å². The number of hydrogen-bond acceptors (Lipinski definition) is 6. The zero-order valence-corrected chi connectivity index (χ0v) is 17.3. The second-order valence-corrected chi connectivity index (χ2v) is 7.07. The summed E-state index contributed by atoms with van der Waals surface area (Å²) in [5, 5.41) is 7.40. The number of nitrogens with zero attached hydrogens (tertiary/aromatic N) is 4. The van der Waals surface area contributed by atoms with Gasteiger partial charge >= 0.3 is 0 Å². The molecule has 0 aliphatic carbocycles. The fourth-order valence-corrected chi connectivity index (χ4v) is 3.28. The topological polar surface area (TPSA) is 85.0 Å². The monoisotopic (exact) mass is 387 g/mol. The number of ether oxygens (including phenoxy) is 2.